The van der Waals surface area contributed by atoms with Crippen molar-refractivity contribution in [3.63, 3.8) is 0 Å². The number of carbonyl (C=O) groups is 1. The Morgan fingerprint density at radius 3 is 2.69 bits per heavy atom. The van der Waals surface area contributed by atoms with Crippen molar-refractivity contribution < 1.29 is 13.9 Å². The molecular weight excluding hydrogens is 388 g/mol. The van der Waals surface area contributed by atoms with Gasteiger partial charge >= 0.3 is 0 Å². The molecule has 0 saturated carbocycles. The van der Waals surface area contributed by atoms with Gasteiger partial charge in [-0.05, 0) is 19.9 Å². The van der Waals surface area contributed by atoms with Crippen LogP contribution in [0.25, 0.3) is 11.3 Å². The summed E-state index contributed by atoms with van der Waals surface area (Å²) in [6.07, 6.45) is 1.66. The fourth-order valence-corrected chi connectivity index (χ4v) is 4.18. The summed E-state index contributed by atoms with van der Waals surface area (Å²) in [5.74, 6) is 0.975. The molecule has 1 N–H and O–H groups in total. The summed E-state index contributed by atoms with van der Waals surface area (Å²) in [7, 11) is 0. The largest absolute Gasteiger partial charge is 0.466 e. The minimum Gasteiger partial charge on any atom is -0.466 e. The fraction of sp³-hybridized carbons (Fsp3) is 0.286. The van der Waals surface area contributed by atoms with E-state index in [1.54, 1.807) is 30.5 Å². The Bertz CT molecular complexity index is 1020. The lowest BCUT2D eigenvalue weighted by atomic mass is 10.1. The number of amides is 1. The number of hydrogen-bond donors (Lipinski definition) is 1. The summed E-state index contributed by atoms with van der Waals surface area (Å²) in [5, 5.41) is 5.11. The fourth-order valence-electron chi connectivity index (χ4n) is 3.17. The maximum atomic E-state index is 12.4. The van der Waals surface area contributed by atoms with Crippen molar-refractivity contribution in [1.29, 1.82) is 0 Å². The van der Waals surface area contributed by atoms with Gasteiger partial charge in [0.1, 0.15) is 11.5 Å². The molecule has 29 heavy (non-hydrogen) atoms. The van der Waals surface area contributed by atoms with Gasteiger partial charge in [-0.1, -0.05) is 41.7 Å². The molecule has 2 aromatic heterocycles. The molecule has 1 amide bonds. The molecule has 1 aromatic carbocycles. The van der Waals surface area contributed by atoms with Crippen LogP contribution in [0.3, 0.4) is 0 Å². The highest BCUT2D eigenvalue weighted by Crippen LogP contribution is 2.32. The average molecular weight is 410 g/mol. The van der Waals surface area contributed by atoms with Gasteiger partial charge in [-0.15, -0.1) is 0 Å². The average Bonchev–Trinajstić information content (AvgIpc) is 3.32. The predicted octanol–water partition coefficient (Wildman–Crippen LogP) is 3.62. The zero-order valence-corrected chi connectivity index (χ0v) is 17.2. The molecule has 0 aliphatic carbocycles. The molecule has 4 rings (SSSR count). The molecule has 3 aromatic rings. The highest BCUT2D eigenvalue weighted by Gasteiger charge is 2.19. The minimum absolute atomic E-state index is 0.297. The molecule has 1 fully saturated rings. The van der Waals surface area contributed by atoms with Crippen LogP contribution in [0.4, 0.5) is 5.13 Å². The Morgan fingerprint density at radius 2 is 2.00 bits per heavy atom. The molecule has 0 spiro atoms. The first-order valence-electron chi connectivity index (χ1n) is 9.41. The van der Waals surface area contributed by atoms with E-state index in [1.165, 1.54) is 0 Å². The van der Waals surface area contributed by atoms with Crippen molar-refractivity contribution in [2.24, 2.45) is 5.10 Å². The summed E-state index contributed by atoms with van der Waals surface area (Å²) >= 11 is 1.56. The van der Waals surface area contributed by atoms with E-state index in [1.807, 2.05) is 37.3 Å². The number of aromatic nitrogens is 1. The Labute approximate surface area is 173 Å². The SMILES string of the molecule is Cc1cc(C(=O)N/N=C/c2sc(N3CCOCC3)nc2-c2ccccc2)c(C)o1. The maximum absolute atomic E-state index is 12.4. The molecule has 150 valence electrons. The van der Waals surface area contributed by atoms with Crippen LogP contribution < -0.4 is 10.3 Å². The van der Waals surface area contributed by atoms with Gasteiger partial charge in [0.25, 0.3) is 5.91 Å². The Balaban J connectivity index is 1.58. The van der Waals surface area contributed by atoms with Crippen LogP contribution >= 0.6 is 11.3 Å². The quantitative estimate of drug-likeness (QED) is 0.513. The Morgan fingerprint density at radius 1 is 1.24 bits per heavy atom. The molecule has 1 saturated heterocycles. The van der Waals surface area contributed by atoms with Crippen molar-refractivity contribution >= 4 is 28.6 Å². The number of hydrogen-bond acceptors (Lipinski definition) is 7. The zero-order chi connectivity index (χ0) is 20.2. The van der Waals surface area contributed by atoms with Gasteiger partial charge < -0.3 is 14.1 Å². The van der Waals surface area contributed by atoms with Gasteiger partial charge in [0.05, 0.1) is 35.6 Å². The first-order valence-corrected chi connectivity index (χ1v) is 10.2. The highest BCUT2D eigenvalue weighted by atomic mass is 32.1. The van der Waals surface area contributed by atoms with Crippen LogP contribution in [-0.4, -0.2) is 43.4 Å². The zero-order valence-electron chi connectivity index (χ0n) is 16.3. The molecule has 0 atom stereocenters. The van der Waals surface area contributed by atoms with Crippen LogP contribution in [0.1, 0.15) is 26.8 Å². The molecule has 1 aliphatic heterocycles. The lowest BCUT2D eigenvalue weighted by molar-refractivity contribution is 0.0953. The van der Waals surface area contributed by atoms with E-state index in [2.05, 4.69) is 15.4 Å². The molecule has 0 radical (unpaired) electrons. The third kappa shape index (κ3) is 4.38. The second-order valence-corrected chi connectivity index (χ2v) is 7.71. The van der Waals surface area contributed by atoms with E-state index in [0.717, 1.165) is 34.4 Å². The van der Waals surface area contributed by atoms with E-state index in [0.29, 0.717) is 30.3 Å². The predicted molar refractivity (Wildman–Crippen MR) is 114 cm³/mol. The molecule has 7 nitrogen and oxygen atoms in total. The normalized spacial score (nSPS) is 14.5. The van der Waals surface area contributed by atoms with Gasteiger partial charge in [0.15, 0.2) is 5.13 Å². The molecule has 8 heteroatoms. The van der Waals surface area contributed by atoms with Crippen molar-refractivity contribution in [2.45, 2.75) is 13.8 Å². The van der Waals surface area contributed by atoms with Gasteiger partial charge in [-0.2, -0.15) is 5.10 Å². The third-order valence-electron chi connectivity index (χ3n) is 4.60. The van der Waals surface area contributed by atoms with E-state index < -0.39 is 0 Å². The summed E-state index contributed by atoms with van der Waals surface area (Å²) in [5.41, 5.74) is 4.94. The lowest BCUT2D eigenvalue weighted by Gasteiger charge is -2.26. The minimum atomic E-state index is -0.297. The number of hydrazone groups is 1. The van der Waals surface area contributed by atoms with E-state index in [-0.39, 0.29) is 5.91 Å². The number of nitrogens with zero attached hydrogens (tertiary/aromatic N) is 3. The van der Waals surface area contributed by atoms with Crippen LogP contribution in [0.15, 0.2) is 45.9 Å². The number of aryl methyl sites for hydroxylation is 2. The number of anilines is 1. The molecule has 0 bridgehead atoms. The number of thiazole rings is 1. The van der Waals surface area contributed by atoms with Crippen LogP contribution in [0.5, 0.6) is 0 Å². The number of furan rings is 1. The number of rotatable bonds is 5. The third-order valence-corrected chi connectivity index (χ3v) is 5.66. The topological polar surface area (TPSA) is 80.0 Å². The van der Waals surface area contributed by atoms with Crippen LogP contribution in [-0.2, 0) is 4.74 Å². The van der Waals surface area contributed by atoms with Crippen molar-refractivity contribution in [1.82, 2.24) is 10.4 Å². The number of benzene rings is 1. The van der Waals surface area contributed by atoms with Crippen LogP contribution in [0.2, 0.25) is 0 Å². The van der Waals surface area contributed by atoms with Crippen LogP contribution in [0, 0.1) is 13.8 Å². The highest BCUT2D eigenvalue weighted by molar-refractivity contribution is 7.17. The number of nitrogens with one attached hydrogen (secondary N) is 1. The number of morpholine rings is 1. The summed E-state index contributed by atoms with van der Waals surface area (Å²) in [4.78, 5) is 20.3. The van der Waals surface area contributed by atoms with Gasteiger partial charge in [0, 0.05) is 18.7 Å². The van der Waals surface area contributed by atoms with Gasteiger partial charge in [0.2, 0.25) is 0 Å². The lowest BCUT2D eigenvalue weighted by Crippen LogP contribution is -2.36. The molecular formula is C21H22N4O3S. The summed E-state index contributed by atoms with van der Waals surface area (Å²) < 4.78 is 10.9. The Kier molecular flexibility index (Phi) is 5.73. The second-order valence-electron chi connectivity index (χ2n) is 6.70. The van der Waals surface area contributed by atoms with Gasteiger partial charge in [-0.3, -0.25) is 4.79 Å². The number of ether oxygens (including phenoxy) is 1. The second kappa shape index (κ2) is 8.59. The van der Waals surface area contributed by atoms with Crippen molar-refractivity contribution in [3.8, 4) is 11.3 Å². The van der Waals surface area contributed by atoms with E-state index in [4.69, 9.17) is 14.1 Å². The van der Waals surface area contributed by atoms with Crippen molar-refractivity contribution in [3.05, 3.63) is 58.4 Å². The standard InChI is InChI=1S/C21H22N4O3S/c1-14-12-17(15(2)28-14)20(26)24-22-13-18-19(16-6-4-3-5-7-16)23-21(29-18)25-8-10-27-11-9-25/h3-7,12-13H,8-11H2,1-2H3,(H,24,26)/b22-13+. The monoisotopic (exact) mass is 410 g/mol. The number of carbonyl (C=O) groups excluding carboxylic acids is 1. The molecule has 0 unspecified atom stereocenters. The van der Waals surface area contributed by atoms with Crippen molar-refractivity contribution in [2.75, 3.05) is 31.2 Å². The van der Waals surface area contributed by atoms with Gasteiger partial charge in [-0.25, -0.2) is 10.4 Å². The molecule has 1 aliphatic rings. The van der Waals surface area contributed by atoms with E-state index in [9.17, 15) is 4.79 Å². The first-order chi connectivity index (χ1) is 14.1. The first kappa shape index (κ1) is 19.4. The summed E-state index contributed by atoms with van der Waals surface area (Å²) in [6.45, 7) is 6.59. The maximum Gasteiger partial charge on any atom is 0.274 e. The van der Waals surface area contributed by atoms with E-state index >= 15 is 0 Å². The summed E-state index contributed by atoms with van der Waals surface area (Å²) in [6, 6.07) is 11.7. The smallest absolute Gasteiger partial charge is 0.274 e. The molecule has 3 heterocycles. The Hall–Kier alpha value is -2.97.